The molecule has 1 atom stereocenters. The molecule has 1 N–H and O–H groups in total. The van der Waals surface area contributed by atoms with E-state index in [4.69, 9.17) is 5.11 Å². The zero-order valence-corrected chi connectivity index (χ0v) is 10.2. The summed E-state index contributed by atoms with van der Waals surface area (Å²) in [6, 6.07) is 0. The summed E-state index contributed by atoms with van der Waals surface area (Å²) in [6.07, 6.45) is 10.6. The molecule has 1 aliphatic carbocycles. The van der Waals surface area contributed by atoms with Crippen molar-refractivity contribution in [3.8, 4) is 0 Å². The normalized spacial score (nSPS) is 21.0. The highest BCUT2D eigenvalue weighted by molar-refractivity contribution is 8.00. The Labute approximate surface area is 92.7 Å². The van der Waals surface area contributed by atoms with Gasteiger partial charge in [-0.3, -0.25) is 0 Å². The van der Waals surface area contributed by atoms with Crippen LogP contribution in [0.25, 0.3) is 0 Å². The fourth-order valence-corrected chi connectivity index (χ4v) is 3.98. The van der Waals surface area contributed by atoms with Gasteiger partial charge in [-0.15, -0.1) is 0 Å². The maximum absolute atomic E-state index is 8.98. The first-order valence-electron chi connectivity index (χ1n) is 6.13. The van der Waals surface area contributed by atoms with E-state index in [1.54, 1.807) is 0 Å². The maximum Gasteiger partial charge on any atom is 0.0441 e. The van der Waals surface area contributed by atoms with Crippen molar-refractivity contribution >= 4 is 11.8 Å². The van der Waals surface area contributed by atoms with E-state index in [0.717, 1.165) is 11.7 Å². The Morgan fingerprint density at radius 3 is 2.50 bits per heavy atom. The molecule has 1 rings (SSSR count). The van der Waals surface area contributed by atoms with Crippen molar-refractivity contribution in [3.05, 3.63) is 0 Å². The predicted molar refractivity (Wildman–Crippen MR) is 64.9 cm³/mol. The van der Waals surface area contributed by atoms with E-state index in [0.29, 0.717) is 11.9 Å². The number of hydrogen-bond acceptors (Lipinski definition) is 2. The van der Waals surface area contributed by atoms with Gasteiger partial charge in [0.05, 0.1) is 0 Å². The molecule has 14 heavy (non-hydrogen) atoms. The monoisotopic (exact) mass is 216 g/mol. The molecule has 0 aromatic carbocycles. The molecule has 1 aliphatic rings. The fraction of sp³-hybridized carbons (Fsp3) is 1.00. The molecular weight excluding hydrogens is 192 g/mol. The average Bonchev–Trinajstić information content (AvgIpc) is 2.20. The number of aliphatic hydroxyl groups excluding tert-OH is 1. The van der Waals surface area contributed by atoms with Gasteiger partial charge in [-0.1, -0.05) is 32.6 Å². The highest BCUT2D eigenvalue weighted by Gasteiger charge is 2.18. The van der Waals surface area contributed by atoms with Crippen molar-refractivity contribution in [2.75, 3.05) is 6.61 Å². The van der Waals surface area contributed by atoms with E-state index in [1.165, 1.54) is 44.9 Å². The molecule has 0 bridgehead atoms. The lowest BCUT2D eigenvalue weighted by Gasteiger charge is -2.25. The maximum atomic E-state index is 8.98. The predicted octanol–water partition coefficient (Wildman–Crippen LogP) is 3.60. The summed E-state index contributed by atoms with van der Waals surface area (Å²) in [5.41, 5.74) is 0. The molecule has 1 unspecified atom stereocenters. The summed E-state index contributed by atoms with van der Waals surface area (Å²) in [4.78, 5) is 0. The summed E-state index contributed by atoms with van der Waals surface area (Å²) in [5, 5.41) is 10.6. The van der Waals surface area contributed by atoms with Gasteiger partial charge in [0, 0.05) is 17.1 Å². The highest BCUT2D eigenvalue weighted by atomic mass is 32.2. The molecule has 0 aromatic rings. The van der Waals surface area contributed by atoms with E-state index in [2.05, 4.69) is 18.7 Å². The minimum absolute atomic E-state index is 0.365. The van der Waals surface area contributed by atoms with Gasteiger partial charge in [0.15, 0.2) is 0 Å². The van der Waals surface area contributed by atoms with Crippen LogP contribution < -0.4 is 0 Å². The lowest BCUT2D eigenvalue weighted by Crippen LogP contribution is -2.15. The van der Waals surface area contributed by atoms with Crippen LogP contribution in [0.4, 0.5) is 0 Å². The largest absolute Gasteiger partial charge is 0.396 e. The molecule has 84 valence electrons. The lowest BCUT2D eigenvalue weighted by atomic mass is 10.0. The van der Waals surface area contributed by atoms with Gasteiger partial charge in [-0.05, 0) is 25.7 Å². The molecule has 1 saturated carbocycles. The first kappa shape index (κ1) is 12.4. The number of aliphatic hydroxyl groups is 1. The Morgan fingerprint density at radius 2 is 1.93 bits per heavy atom. The van der Waals surface area contributed by atoms with Crippen molar-refractivity contribution in [2.24, 2.45) is 0 Å². The van der Waals surface area contributed by atoms with Gasteiger partial charge < -0.3 is 5.11 Å². The molecular formula is C12H24OS. The van der Waals surface area contributed by atoms with Crippen LogP contribution in [0.5, 0.6) is 0 Å². The quantitative estimate of drug-likeness (QED) is 0.732. The van der Waals surface area contributed by atoms with Crippen LogP contribution in [0.15, 0.2) is 0 Å². The van der Waals surface area contributed by atoms with Crippen LogP contribution in [-0.4, -0.2) is 22.2 Å². The molecule has 1 fully saturated rings. The summed E-state index contributed by atoms with van der Waals surface area (Å²) < 4.78 is 0. The zero-order valence-electron chi connectivity index (χ0n) is 9.37. The topological polar surface area (TPSA) is 20.2 Å². The molecule has 2 heteroatoms. The number of rotatable bonds is 6. The number of thioether (sulfide) groups is 1. The third-order valence-corrected chi connectivity index (χ3v) is 4.71. The molecule has 0 amide bonds. The minimum atomic E-state index is 0.365. The van der Waals surface area contributed by atoms with Gasteiger partial charge >= 0.3 is 0 Å². The molecule has 0 heterocycles. The van der Waals surface area contributed by atoms with Crippen LogP contribution >= 0.6 is 11.8 Å². The second kappa shape index (κ2) is 7.58. The summed E-state index contributed by atoms with van der Waals surface area (Å²) >= 11 is 2.15. The Kier molecular flexibility index (Phi) is 6.70. The van der Waals surface area contributed by atoms with E-state index in [-0.39, 0.29) is 0 Å². The SMILES string of the molecule is CCCC(CCO)SC1CCCCC1. The van der Waals surface area contributed by atoms with Crippen LogP contribution in [-0.2, 0) is 0 Å². The third-order valence-electron chi connectivity index (χ3n) is 3.00. The van der Waals surface area contributed by atoms with E-state index in [1.807, 2.05) is 0 Å². The fourth-order valence-electron chi connectivity index (χ4n) is 2.22. The third kappa shape index (κ3) is 4.70. The average molecular weight is 216 g/mol. The number of hydrogen-bond donors (Lipinski definition) is 1. The molecule has 0 saturated heterocycles. The lowest BCUT2D eigenvalue weighted by molar-refractivity contribution is 0.285. The van der Waals surface area contributed by atoms with Crippen molar-refractivity contribution in [1.82, 2.24) is 0 Å². The zero-order chi connectivity index (χ0) is 10.2. The standard InChI is InChI=1S/C12H24OS/c1-2-6-11(9-10-13)14-12-7-4-3-5-8-12/h11-13H,2-10H2,1H3. The first-order chi connectivity index (χ1) is 6.86. The summed E-state index contributed by atoms with van der Waals surface area (Å²) in [5.74, 6) is 0. The van der Waals surface area contributed by atoms with Crippen molar-refractivity contribution in [2.45, 2.75) is 68.8 Å². The summed E-state index contributed by atoms with van der Waals surface area (Å²) in [7, 11) is 0. The van der Waals surface area contributed by atoms with Crippen molar-refractivity contribution in [1.29, 1.82) is 0 Å². The van der Waals surface area contributed by atoms with Crippen molar-refractivity contribution in [3.63, 3.8) is 0 Å². The molecule has 0 aromatic heterocycles. The van der Waals surface area contributed by atoms with Gasteiger partial charge in [0.25, 0.3) is 0 Å². The molecule has 0 radical (unpaired) electrons. The van der Waals surface area contributed by atoms with Gasteiger partial charge in [0.2, 0.25) is 0 Å². The molecule has 0 spiro atoms. The van der Waals surface area contributed by atoms with Crippen LogP contribution in [0.3, 0.4) is 0 Å². The second-order valence-electron chi connectivity index (χ2n) is 4.32. The Balaban J connectivity index is 2.21. The summed E-state index contributed by atoms with van der Waals surface area (Å²) in [6.45, 7) is 2.61. The second-order valence-corrected chi connectivity index (χ2v) is 5.92. The van der Waals surface area contributed by atoms with Gasteiger partial charge in [-0.25, -0.2) is 0 Å². The van der Waals surface area contributed by atoms with Crippen molar-refractivity contribution < 1.29 is 5.11 Å². The van der Waals surface area contributed by atoms with Gasteiger partial charge in [0.1, 0.15) is 0 Å². The first-order valence-corrected chi connectivity index (χ1v) is 7.07. The van der Waals surface area contributed by atoms with Crippen LogP contribution in [0.1, 0.15) is 58.3 Å². The van der Waals surface area contributed by atoms with Gasteiger partial charge in [-0.2, -0.15) is 11.8 Å². The molecule has 1 nitrogen and oxygen atoms in total. The highest BCUT2D eigenvalue weighted by Crippen LogP contribution is 2.33. The smallest absolute Gasteiger partial charge is 0.0441 e. The Bertz CT molecular complexity index is 126. The van der Waals surface area contributed by atoms with Crippen LogP contribution in [0, 0.1) is 0 Å². The minimum Gasteiger partial charge on any atom is -0.396 e. The Hall–Kier alpha value is 0.310. The Morgan fingerprint density at radius 1 is 1.21 bits per heavy atom. The van der Waals surface area contributed by atoms with E-state index in [9.17, 15) is 0 Å². The van der Waals surface area contributed by atoms with E-state index < -0.39 is 0 Å². The van der Waals surface area contributed by atoms with E-state index >= 15 is 0 Å². The van der Waals surface area contributed by atoms with Crippen LogP contribution in [0.2, 0.25) is 0 Å². The molecule has 0 aliphatic heterocycles.